The first kappa shape index (κ1) is 13.6. The lowest BCUT2D eigenvalue weighted by Gasteiger charge is -2.24. The first-order chi connectivity index (χ1) is 9.43. The van der Waals surface area contributed by atoms with Gasteiger partial charge in [0.25, 0.3) is 0 Å². The summed E-state index contributed by atoms with van der Waals surface area (Å²) in [5, 5.41) is 0.681. The summed E-state index contributed by atoms with van der Waals surface area (Å²) in [5.41, 5.74) is 0.909. The topological polar surface area (TPSA) is 49.9 Å². The van der Waals surface area contributed by atoms with Crippen molar-refractivity contribution in [1.29, 1.82) is 0 Å². The van der Waals surface area contributed by atoms with Gasteiger partial charge in [-0.1, -0.05) is 0 Å². The first-order valence-electron chi connectivity index (χ1n) is 6.33. The maximum atomic E-state index is 11.9. The molecule has 2 atom stereocenters. The number of methoxy groups -OCH3 is 1. The molecule has 3 rings (SSSR count). The molecule has 0 amide bonds. The second-order valence-electron chi connectivity index (χ2n) is 5.17. The maximum Gasteiger partial charge on any atom is 0.176 e. The van der Waals surface area contributed by atoms with Crippen LogP contribution in [0.1, 0.15) is 0 Å². The zero-order valence-electron chi connectivity index (χ0n) is 11.3. The Bertz CT molecular complexity index is 642. The number of hydrogen-bond donors (Lipinski definition) is 0. The Morgan fingerprint density at radius 1 is 1.20 bits per heavy atom. The Morgan fingerprint density at radius 3 is 2.40 bits per heavy atom. The van der Waals surface area contributed by atoms with Gasteiger partial charge in [0.1, 0.15) is 5.75 Å². The van der Waals surface area contributed by atoms with Gasteiger partial charge in [-0.3, -0.25) is 0 Å². The Hall–Kier alpha value is -1.34. The van der Waals surface area contributed by atoms with Gasteiger partial charge < -0.3 is 14.5 Å². The fraction of sp³-hybridized carbons (Fsp3) is 0.462. The number of anilines is 1. The van der Waals surface area contributed by atoms with Crippen LogP contribution in [0.2, 0.25) is 0 Å². The Balaban J connectivity index is 1.97. The molecule has 2 unspecified atom stereocenters. The average Bonchev–Trinajstić information content (AvgIpc) is 2.84. The molecule has 1 aromatic rings. The number of rotatable bonds is 2. The summed E-state index contributed by atoms with van der Waals surface area (Å²) in [6, 6.07) is 7.39. The molecule has 0 radical (unpaired) electrons. The summed E-state index contributed by atoms with van der Waals surface area (Å²) in [7, 11) is 0.496. The van der Waals surface area contributed by atoms with Gasteiger partial charge in [-0.05, 0) is 36.5 Å². The highest BCUT2D eigenvalue weighted by molar-refractivity contribution is 7.91. The number of sulfone groups is 1. The predicted molar refractivity (Wildman–Crippen MR) is 82.1 cm³/mol. The molecule has 20 heavy (non-hydrogen) atoms. The van der Waals surface area contributed by atoms with Crippen LogP contribution < -0.4 is 9.64 Å². The molecule has 2 heterocycles. The van der Waals surface area contributed by atoms with Crippen LogP contribution in [0.25, 0.3) is 0 Å². The highest BCUT2D eigenvalue weighted by atomic mass is 32.2. The number of hydrogen-bond acceptors (Lipinski definition) is 4. The molecule has 2 aliphatic rings. The summed E-state index contributed by atoms with van der Waals surface area (Å²) in [5.74, 6) is 1.11. The summed E-state index contributed by atoms with van der Waals surface area (Å²) in [6.45, 7) is 0. The average molecular weight is 312 g/mol. The number of nitrogens with zero attached hydrogens (tertiary/aromatic N) is 2. The van der Waals surface area contributed by atoms with Gasteiger partial charge in [-0.2, -0.15) is 0 Å². The van der Waals surface area contributed by atoms with E-state index in [2.05, 4.69) is 0 Å². The Labute approximate surface area is 124 Å². The molecular weight excluding hydrogens is 296 g/mol. The van der Waals surface area contributed by atoms with Gasteiger partial charge in [-0.15, -0.1) is 0 Å². The van der Waals surface area contributed by atoms with E-state index in [0.717, 1.165) is 11.4 Å². The molecule has 0 spiro atoms. The number of likely N-dealkylation sites (N-methyl/N-ethyl adjacent to an activating group) is 1. The van der Waals surface area contributed by atoms with Gasteiger partial charge in [0.15, 0.2) is 14.9 Å². The standard InChI is InChI=1S/C13H16N2O3S2/c1-14-11-7-20(16,17)8-12(11)15(13(14)19)9-3-5-10(18-2)6-4-9/h3-6,11-12H,7-8H2,1-2H3. The predicted octanol–water partition coefficient (Wildman–Crippen LogP) is 0.897. The lowest BCUT2D eigenvalue weighted by molar-refractivity contribution is 0.414. The van der Waals surface area contributed by atoms with E-state index in [1.165, 1.54) is 0 Å². The third kappa shape index (κ3) is 2.05. The number of benzene rings is 1. The molecule has 0 saturated carbocycles. The molecular formula is C13H16N2O3S2. The second-order valence-corrected chi connectivity index (χ2v) is 7.69. The summed E-state index contributed by atoms with van der Waals surface area (Å²) >= 11 is 5.46. The quantitative estimate of drug-likeness (QED) is 0.756. The van der Waals surface area contributed by atoms with Crippen LogP contribution in [0.3, 0.4) is 0 Å². The van der Waals surface area contributed by atoms with Gasteiger partial charge in [0.2, 0.25) is 0 Å². The summed E-state index contributed by atoms with van der Waals surface area (Å²) < 4.78 is 28.9. The molecule has 7 heteroatoms. The van der Waals surface area contributed by atoms with E-state index in [9.17, 15) is 8.42 Å². The van der Waals surface area contributed by atoms with Crippen molar-refractivity contribution in [2.45, 2.75) is 12.1 Å². The molecule has 2 saturated heterocycles. The van der Waals surface area contributed by atoms with Crippen LogP contribution in [-0.2, 0) is 9.84 Å². The normalized spacial score (nSPS) is 27.8. The Kier molecular flexibility index (Phi) is 3.13. The number of ether oxygens (including phenoxy) is 1. The summed E-state index contributed by atoms with van der Waals surface area (Å²) in [4.78, 5) is 3.85. The van der Waals surface area contributed by atoms with Crippen molar-refractivity contribution >= 4 is 32.9 Å². The van der Waals surface area contributed by atoms with Crippen molar-refractivity contribution in [3.63, 3.8) is 0 Å². The second kappa shape index (κ2) is 4.60. The van der Waals surface area contributed by atoms with Crippen LogP contribution in [0.15, 0.2) is 24.3 Å². The van der Waals surface area contributed by atoms with E-state index >= 15 is 0 Å². The molecule has 108 valence electrons. The van der Waals surface area contributed by atoms with E-state index in [0.29, 0.717) is 5.11 Å². The van der Waals surface area contributed by atoms with Crippen molar-refractivity contribution in [2.24, 2.45) is 0 Å². The van der Waals surface area contributed by atoms with Crippen molar-refractivity contribution in [3.8, 4) is 5.75 Å². The fourth-order valence-corrected chi connectivity index (χ4v) is 5.30. The molecule has 5 nitrogen and oxygen atoms in total. The molecule has 0 aliphatic carbocycles. The molecule has 1 aromatic carbocycles. The smallest absolute Gasteiger partial charge is 0.176 e. The SMILES string of the molecule is COc1ccc(N2C(=S)N(C)C3CS(=O)(=O)CC32)cc1. The van der Waals surface area contributed by atoms with Crippen molar-refractivity contribution in [2.75, 3.05) is 30.6 Å². The van der Waals surface area contributed by atoms with E-state index in [1.807, 2.05) is 41.1 Å². The van der Waals surface area contributed by atoms with E-state index < -0.39 is 9.84 Å². The minimum atomic E-state index is -2.98. The third-order valence-corrected chi connectivity index (χ3v) is 6.16. The monoisotopic (exact) mass is 312 g/mol. The maximum absolute atomic E-state index is 11.9. The fourth-order valence-electron chi connectivity index (χ4n) is 2.93. The van der Waals surface area contributed by atoms with Crippen molar-refractivity contribution < 1.29 is 13.2 Å². The lowest BCUT2D eigenvalue weighted by atomic mass is 10.1. The number of thiocarbonyl (C=S) groups is 1. The van der Waals surface area contributed by atoms with Crippen molar-refractivity contribution in [3.05, 3.63) is 24.3 Å². The van der Waals surface area contributed by atoms with Gasteiger partial charge in [-0.25, -0.2) is 8.42 Å². The number of fused-ring (bicyclic) bond motifs is 1. The minimum absolute atomic E-state index is 0.0467. The first-order valence-corrected chi connectivity index (χ1v) is 8.56. The zero-order chi connectivity index (χ0) is 14.5. The van der Waals surface area contributed by atoms with Crippen LogP contribution in [-0.4, -0.2) is 56.2 Å². The zero-order valence-corrected chi connectivity index (χ0v) is 12.9. The van der Waals surface area contributed by atoms with E-state index in [4.69, 9.17) is 17.0 Å². The van der Waals surface area contributed by atoms with E-state index in [1.54, 1.807) is 7.11 Å². The summed E-state index contributed by atoms with van der Waals surface area (Å²) in [6.07, 6.45) is 0. The third-order valence-electron chi connectivity index (χ3n) is 3.98. The minimum Gasteiger partial charge on any atom is -0.497 e. The highest BCUT2D eigenvalue weighted by Gasteiger charge is 2.50. The van der Waals surface area contributed by atoms with Gasteiger partial charge in [0, 0.05) is 12.7 Å². The van der Waals surface area contributed by atoms with Gasteiger partial charge >= 0.3 is 0 Å². The van der Waals surface area contributed by atoms with E-state index in [-0.39, 0.29) is 23.6 Å². The molecule has 2 aliphatic heterocycles. The lowest BCUT2D eigenvalue weighted by Crippen LogP contribution is -2.36. The van der Waals surface area contributed by atoms with Gasteiger partial charge in [0.05, 0.1) is 30.7 Å². The molecule has 0 aromatic heterocycles. The largest absolute Gasteiger partial charge is 0.497 e. The van der Waals surface area contributed by atoms with Crippen LogP contribution in [0.4, 0.5) is 5.69 Å². The molecule has 0 N–H and O–H groups in total. The van der Waals surface area contributed by atoms with Crippen molar-refractivity contribution in [1.82, 2.24) is 4.90 Å². The molecule has 0 bridgehead atoms. The Morgan fingerprint density at radius 2 is 1.80 bits per heavy atom. The van der Waals surface area contributed by atoms with Crippen LogP contribution >= 0.6 is 12.2 Å². The highest BCUT2D eigenvalue weighted by Crippen LogP contribution is 2.34. The van der Waals surface area contributed by atoms with Crippen LogP contribution in [0, 0.1) is 0 Å². The molecule has 2 fully saturated rings. The van der Waals surface area contributed by atoms with Crippen LogP contribution in [0.5, 0.6) is 5.75 Å².